The molecule has 0 atom stereocenters. The first kappa shape index (κ1) is 12.5. The first-order valence-electron chi connectivity index (χ1n) is 4.40. The van der Waals surface area contributed by atoms with E-state index >= 15 is 0 Å². The summed E-state index contributed by atoms with van der Waals surface area (Å²) in [6.07, 6.45) is 0. The van der Waals surface area contributed by atoms with E-state index in [0.717, 1.165) is 0 Å². The monoisotopic (exact) mass is 247 g/mol. The van der Waals surface area contributed by atoms with Crippen molar-refractivity contribution in [3.05, 3.63) is 11.4 Å². The average Bonchev–Trinajstić information content (AvgIpc) is 2.45. The number of nitrogen functional groups attached to an aromatic ring is 1. The predicted octanol–water partition coefficient (Wildman–Crippen LogP) is -1.68. The molecule has 0 aliphatic carbocycles. The number of amides is 1. The third-order valence-electron chi connectivity index (χ3n) is 1.88. The molecule has 8 nitrogen and oxygen atoms in total. The third kappa shape index (κ3) is 3.21. The number of anilines is 1. The Morgan fingerprint density at radius 2 is 2.19 bits per heavy atom. The topological polar surface area (TPSA) is 144 Å². The number of hydrogen-bond acceptors (Lipinski definition) is 5. The van der Waals surface area contributed by atoms with Crippen LogP contribution in [0.2, 0.25) is 0 Å². The first-order chi connectivity index (χ1) is 7.31. The van der Waals surface area contributed by atoms with Gasteiger partial charge in [-0.25, -0.2) is 13.6 Å². The number of carbonyl (C=O) groups excluding carboxylic acids is 1. The summed E-state index contributed by atoms with van der Waals surface area (Å²) in [4.78, 5) is 11.5. The van der Waals surface area contributed by atoms with Crippen LogP contribution in [0.3, 0.4) is 0 Å². The van der Waals surface area contributed by atoms with Crippen molar-refractivity contribution in [3.63, 3.8) is 0 Å². The molecule has 0 aliphatic rings. The highest BCUT2D eigenvalue weighted by Gasteiger charge is 2.15. The van der Waals surface area contributed by atoms with E-state index in [9.17, 15) is 13.2 Å². The summed E-state index contributed by atoms with van der Waals surface area (Å²) in [5, 5.41) is 13.4. The van der Waals surface area contributed by atoms with Crippen molar-refractivity contribution in [3.8, 4) is 0 Å². The largest absolute Gasteiger partial charge is 0.395 e. The molecule has 0 aromatic carbocycles. The molecule has 0 saturated heterocycles. The molecule has 6 N–H and O–H groups in total. The number of nitrogens with one attached hydrogen (secondary N) is 2. The summed E-state index contributed by atoms with van der Waals surface area (Å²) in [5.41, 5.74) is 6.44. The van der Waals surface area contributed by atoms with Gasteiger partial charge in [0.1, 0.15) is 0 Å². The van der Waals surface area contributed by atoms with Crippen LogP contribution in [-0.4, -0.2) is 36.8 Å². The molecule has 1 rings (SSSR count). The van der Waals surface area contributed by atoms with E-state index in [4.69, 9.17) is 10.9 Å². The average molecular weight is 247 g/mol. The van der Waals surface area contributed by atoms with Gasteiger partial charge in [-0.15, -0.1) is 0 Å². The fraction of sp³-hybridized carbons (Fsp3) is 0.429. The van der Waals surface area contributed by atoms with Gasteiger partial charge in [-0.2, -0.15) is 5.10 Å². The smallest absolute Gasteiger partial charge is 0.273 e. The molecule has 9 heteroatoms. The van der Waals surface area contributed by atoms with Gasteiger partial charge in [-0.3, -0.25) is 9.89 Å². The van der Waals surface area contributed by atoms with E-state index in [1.54, 1.807) is 6.92 Å². The highest BCUT2D eigenvalue weighted by atomic mass is 32.2. The van der Waals surface area contributed by atoms with E-state index in [1.807, 2.05) is 0 Å². The standard InChI is InChI=1S/C7H13N5O3S/c1-4-5(8)6(12-11-4)7(13)10-2-3-16(9,14)15/h2-3,8H2,1H3,(H,10,13)(H,11,12)(H2,9,14,15). The number of aryl methyl sites for hydroxylation is 1. The first-order valence-corrected chi connectivity index (χ1v) is 6.12. The minimum atomic E-state index is -3.58. The maximum atomic E-state index is 11.5. The number of aromatic nitrogens is 2. The summed E-state index contributed by atoms with van der Waals surface area (Å²) in [7, 11) is -3.58. The lowest BCUT2D eigenvalue weighted by Crippen LogP contribution is -2.32. The molecule has 1 aromatic heterocycles. The molecule has 0 fully saturated rings. The zero-order chi connectivity index (χ0) is 12.3. The predicted molar refractivity (Wildman–Crippen MR) is 58.0 cm³/mol. The van der Waals surface area contributed by atoms with Crippen LogP contribution in [0.1, 0.15) is 16.2 Å². The minimum Gasteiger partial charge on any atom is -0.395 e. The highest BCUT2D eigenvalue weighted by Crippen LogP contribution is 2.11. The SMILES string of the molecule is Cc1[nH]nc(C(=O)NCCS(N)(=O)=O)c1N. The highest BCUT2D eigenvalue weighted by molar-refractivity contribution is 7.89. The molecule has 0 saturated carbocycles. The lowest BCUT2D eigenvalue weighted by atomic mass is 10.3. The van der Waals surface area contributed by atoms with Gasteiger partial charge in [-0.05, 0) is 6.92 Å². The summed E-state index contributed by atoms with van der Waals surface area (Å²) < 4.78 is 21.2. The second-order valence-electron chi connectivity index (χ2n) is 3.23. The fourth-order valence-electron chi connectivity index (χ4n) is 1.00. The van der Waals surface area contributed by atoms with Gasteiger partial charge in [0.25, 0.3) is 5.91 Å². The number of nitrogens with zero attached hydrogens (tertiary/aromatic N) is 1. The number of hydrogen-bond donors (Lipinski definition) is 4. The molecule has 1 amide bonds. The Bertz CT molecular complexity index is 492. The molecular formula is C7H13N5O3S. The zero-order valence-corrected chi connectivity index (χ0v) is 9.47. The molecule has 0 radical (unpaired) electrons. The summed E-state index contributed by atoms with van der Waals surface area (Å²) in [5.74, 6) is -0.868. The maximum Gasteiger partial charge on any atom is 0.273 e. The van der Waals surface area contributed by atoms with Gasteiger partial charge in [0.2, 0.25) is 10.0 Å². The van der Waals surface area contributed by atoms with Crippen molar-refractivity contribution in [2.24, 2.45) is 5.14 Å². The number of aromatic amines is 1. The second kappa shape index (κ2) is 4.49. The van der Waals surface area contributed by atoms with Crippen molar-refractivity contribution >= 4 is 21.6 Å². The Kier molecular flexibility index (Phi) is 3.50. The van der Waals surface area contributed by atoms with Crippen molar-refractivity contribution in [2.75, 3.05) is 18.0 Å². The molecule has 0 bridgehead atoms. The molecular weight excluding hydrogens is 234 g/mol. The van der Waals surface area contributed by atoms with E-state index in [2.05, 4.69) is 15.5 Å². The number of carbonyl (C=O) groups is 1. The molecule has 90 valence electrons. The molecule has 1 aromatic rings. The Balaban J connectivity index is 2.57. The Labute approximate surface area is 92.4 Å². The number of sulfonamides is 1. The van der Waals surface area contributed by atoms with Gasteiger partial charge in [-0.1, -0.05) is 0 Å². The second-order valence-corrected chi connectivity index (χ2v) is 4.97. The summed E-state index contributed by atoms with van der Waals surface area (Å²) >= 11 is 0. The number of nitrogens with two attached hydrogens (primary N) is 2. The maximum absolute atomic E-state index is 11.5. The van der Waals surface area contributed by atoms with Crippen LogP contribution in [0.25, 0.3) is 0 Å². The van der Waals surface area contributed by atoms with Crippen molar-refractivity contribution in [1.29, 1.82) is 0 Å². The lowest BCUT2D eigenvalue weighted by molar-refractivity contribution is 0.0952. The van der Waals surface area contributed by atoms with Gasteiger partial charge in [0, 0.05) is 6.54 Å². The quantitative estimate of drug-likeness (QED) is 0.502. The van der Waals surface area contributed by atoms with Crippen LogP contribution < -0.4 is 16.2 Å². The minimum absolute atomic E-state index is 0.0481. The van der Waals surface area contributed by atoms with Crippen molar-refractivity contribution < 1.29 is 13.2 Å². The van der Waals surface area contributed by atoms with Crippen LogP contribution in [0.15, 0.2) is 0 Å². The van der Waals surface area contributed by atoms with Crippen LogP contribution >= 0.6 is 0 Å². The van der Waals surface area contributed by atoms with Crippen molar-refractivity contribution in [1.82, 2.24) is 15.5 Å². The number of primary sulfonamides is 1. The number of H-pyrrole nitrogens is 1. The summed E-state index contributed by atoms with van der Waals surface area (Å²) in [6.45, 7) is 1.59. The number of rotatable bonds is 4. The van der Waals surface area contributed by atoms with Crippen molar-refractivity contribution in [2.45, 2.75) is 6.92 Å². The molecule has 0 spiro atoms. The normalized spacial score (nSPS) is 11.4. The third-order valence-corrected chi connectivity index (χ3v) is 2.65. The lowest BCUT2D eigenvalue weighted by Gasteiger charge is -2.02. The van der Waals surface area contributed by atoms with Gasteiger partial charge in [0.15, 0.2) is 5.69 Å². The zero-order valence-electron chi connectivity index (χ0n) is 8.65. The van der Waals surface area contributed by atoms with E-state index in [1.165, 1.54) is 0 Å². The van der Waals surface area contributed by atoms with E-state index in [0.29, 0.717) is 5.69 Å². The van der Waals surface area contributed by atoms with Gasteiger partial charge < -0.3 is 11.1 Å². The van der Waals surface area contributed by atoms with Crippen LogP contribution in [-0.2, 0) is 10.0 Å². The van der Waals surface area contributed by atoms with E-state index < -0.39 is 15.9 Å². The molecule has 1 heterocycles. The van der Waals surface area contributed by atoms with Crippen LogP contribution in [0.4, 0.5) is 5.69 Å². The Morgan fingerprint density at radius 1 is 1.56 bits per heavy atom. The Hall–Kier alpha value is -1.61. The summed E-state index contributed by atoms with van der Waals surface area (Å²) in [6, 6.07) is 0. The van der Waals surface area contributed by atoms with Crippen LogP contribution in [0, 0.1) is 6.92 Å². The fourth-order valence-corrected chi connectivity index (χ4v) is 1.39. The van der Waals surface area contributed by atoms with Gasteiger partial charge >= 0.3 is 0 Å². The Morgan fingerprint density at radius 3 is 2.62 bits per heavy atom. The molecule has 16 heavy (non-hydrogen) atoms. The van der Waals surface area contributed by atoms with Gasteiger partial charge in [0.05, 0.1) is 17.1 Å². The van der Waals surface area contributed by atoms with Crippen LogP contribution in [0.5, 0.6) is 0 Å². The molecule has 0 unspecified atom stereocenters. The molecule has 0 aliphatic heterocycles. The van der Waals surface area contributed by atoms with E-state index in [-0.39, 0.29) is 23.7 Å².